The summed E-state index contributed by atoms with van der Waals surface area (Å²) in [6, 6.07) is 10.9. The highest BCUT2D eigenvalue weighted by atomic mass is 19.2. The molecule has 162 valence electrons. The first kappa shape index (κ1) is 23.1. The van der Waals surface area contributed by atoms with E-state index < -0.39 is 11.6 Å². The second kappa shape index (κ2) is 11.7. The van der Waals surface area contributed by atoms with E-state index in [9.17, 15) is 13.6 Å². The zero-order chi connectivity index (χ0) is 21.9. The van der Waals surface area contributed by atoms with E-state index in [2.05, 4.69) is 20.9 Å². The first-order valence-corrected chi connectivity index (χ1v) is 9.91. The van der Waals surface area contributed by atoms with Crippen LogP contribution in [0.3, 0.4) is 0 Å². The summed E-state index contributed by atoms with van der Waals surface area (Å²) in [4.78, 5) is 16.1. The van der Waals surface area contributed by atoms with Crippen LogP contribution in [0.5, 0.6) is 5.75 Å². The van der Waals surface area contributed by atoms with Crippen LogP contribution in [-0.2, 0) is 11.3 Å². The summed E-state index contributed by atoms with van der Waals surface area (Å²) in [5, 5.41) is 9.00. The molecule has 0 aromatic heterocycles. The number of carbonyl (C=O) groups is 1. The molecule has 2 aromatic carbocycles. The zero-order valence-corrected chi connectivity index (χ0v) is 17.5. The van der Waals surface area contributed by atoms with Gasteiger partial charge < -0.3 is 20.7 Å². The molecule has 0 fully saturated rings. The topological polar surface area (TPSA) is 74.8 Å². The van der Waals surface area contributed by atoms with E-state index in [1.807, 2.05) is 39.0 Å². The highest BCUT2D eigenvalue weighted by Crippen LogP contribution is 2.16. The summed E-state index contributed by atoms with van der Waals surface area (Å²) in [6.07, 6.45) is 0. The van der Waals surface area contributed by atoms with E-state index in [1.54, 1.807) is 6.07 Å². The van der Waals surface area contributed by atoms with Crippen LogP contribution in [0.15, 0.2) is 47.5 Å². The molecule has 0 spiro atoms. The third-order valence-corrected chi connectivity index (χ3v) is 4.20. The number of hydrogen-bond donors (Lipinski definition) is 3. The predicted molar refractivity (Wildman–Crippen MR) is 113 cm³/mol. The summed E-state index contributed by atoms with van der Waals surface area (Å²) in [5.41, 5.74) is 1.52. The minimum Gasteiger partial charge on any atom is -0.484 e. The molecular weight excluding hydrogens is 390 g/mol. The Kier molecular flexibility index (Phi) is 9.05. The van der Waals surface area contributed by atoms with Crippen molar-refractivity contribution in [3.05, 3.63) is 65.2 Å². The molecule has 30 heavy (non-hydrogen) atoms. The monoisotopic (exact) mass is 418 g/mol. The van der Waals surface area contributed by atoms with Gasteiger partial charge in [-0.2, -0.15) is 0 Å². The van der Waals surface area contributed by atoms with Gasteiger partial charge in [0, 0.05) is 13.1 Å². The Labute approximate surface area is 175 Å². The molecule has 1 atom stereocenters. The third kappa shape index (κ3) is 7.35. The van der Waals surface area contributed by atoms with Crippen molar-refractivity contribution in [3.63, 3.8) is 0 Å². The molecule has 6 nitrogen and oxygen atoms in total. The van der Waals surface area contributed by atoms with Gasteiger partial charge >= 0.3 is 0 Å². The van der Waals surface area contributed by atoms with Crippen molar-refractivity contribution in [2.75, 3.05) is 19.7 Å². The number of likely N-dealkylation sites (N-methyl/N-ethyl adjacent to an activating group) is 1. The number of rotatable bonds is 9. The van der Waals surface area contributed by atoms with Gasteiger partial charge in [0.25, 0.3) is 5.91 Å². The largest absolute Gasteiger partial charge is 0.484 e. The Hall–Kier alpha value is -3.16. The first-order chi connectivity index (χ1) is 14.4. The smallest absolute Gasteiger partial charge is 0.257 e. The molecule has 1 amide bonds. The highest BCUT2D eigenvalue weighted by Gasteiger charge is 2.11. The van der Waals surface area contributed by atoms with Crippen LogP contribution in [0.25, 0.3) is 0 Å². The van der Waals surface area contributed by atoms with E-state index in [4.69, 9.17) is 4.74 Å². The molecule has 0 aliphatic rings. The number of halogens is 2. The lowest BCUT2D eigenvalue weighted by Gasteiger charge is -2.18. The number of guanidine groups is 1. The van der Waals surface area contributed by atoms with Crippen molar-refractivity contribution in [1.29, 1.82) is 0 Å². The van der Waals surface area contributed by atoms with Gasteiger partial charge in [-0.1, -0.05) is 18.2 Å². The Bertz CT molecular complexity index is 874. The molecule has 0 heterocycles. The van der Waals surface area contributed by atoms with Crippen molar-refractivity contribution in [2.45, 2.75) is 33.4 Å². The molecule has 2 rings (SSSR count). The maximum atomic E-state index is 13.5. The van der Waals surface area contributed by atoms with E-state index in [-0.39, 0.29) is 18.6 Å². The van der Waals surface area contributed by atoms with Crippen molar-refractivity contribution >= 4 is 11.9 Å². The summed E-state index contributed by atoms with van der Waals surface area (Å²) < 4.78 is 32.2. The maximum absolute atomic E-state index is 13.5. The van der Waals surface area contributed by atoms with E-state index in [0.29, 0.717) is 36.9 Å². The molecule has 0 saturated carbocycles. The lowest BCUT2D eigenvalue weighted by Crippen LogP contribution is -2.38. The Morgan fingerprint density at radius 3 is 2.53 bits per heavy atom. The number of carbonyl (C=O) groups excluding carboxylic acids is 1. The van der Waals surface area contributed by atoms with Crippen molar-refractivity contribution in [3.8, 4) is 5.75 Å². The molecule has 0 bridgehead atoms. The number of amides is 1. The van der Waals surface area contributed by atoms with E-state index in [0.717, 1.165) is 11.6 Å². The van der Waals surface area contributed by atoms with Crippen LogP contribution in [0.1, 0.15) is 37.9 Å². The van der Waals surface area contributed by atoms with E-state index >= 15 is 0 Å². The number of nitrogens with one attached hydrogen (secondary N) is 3. The lowest BCUT2D eigenvalue weighted by molar-refractivity contribution is -0.122. The van der Waals surface area contributed by atoms with Crippen LogP contribution >= 0.6 is 0 Å². The molecule has 2 aromatic rings. The summed E-state index contributed by atoms with van der Waals surface area (Å²) in [6.45, 7) is 7.16. The molecular formula is C22H28F2N4O2. The lowest BCUT2D eigenvalue weighted by atomic mass is 10.1. The standard InChI is InChI=1S/C22H28F2N4O2/c1-4-25-21(29)14-30-18-8-6-7-16(11-18)13-27-22(26-5-2)28-15(3)17-9-10-19(23)20(24)12-17/h6-12,15H,4-5,13-14H2,1-3H3,(H,25,29)(H2,26,27,28). The fraction of sp³-hybridized carbons (Fsp3) is 0.364. The molecule has 8 heteroatoms. The summed E-state index contributed by atoms with van der Waals surface area (Å²) >= 11 is 0. The second-order valence-corrected chi connectivity index (χ2v) is 6.62. The number of aliphatic imine (C=N–C) groups is 1. The molecule has 3 N–H and O–H groups in total. The number of hydrogen-bond acceptors (Lipinski definition) is 3. The minimum absolute atomic E-state index is 0.0451. The average Bonchev–Trinajstić information content (AvgIpc) is 2.73. The quantitative estimate of drug-likeness (QED) is 0.432. The van der Waals surface area contributed by atoms with Crippen LogP contribution in [-0.4, -0.2) is 31.6 Å². The van der Waals surface area contributed by atoms with Gasteiger partial charge in [0.2, 0.25) is 0 Å². The highest BCUT2D eigenvalue weighted by molar-refractivity contribution is 5.80. The number of nitrogens with zero attached hydrogens (tertiary/aromatic N) is 1. The van der Waals surface area contributed by atoms with Gasteiger partial charge in [-0.05, 0) is 56.2 Å². The zero-order valence-electron chi connectivity index (χ0n) is 17.5. The van der Waals surface area contributed by atoms with Crippen molar-refractivity contribution < 1.29 is 18.3 Å². The van der Waals surface area contributed by atoms with E-state index in [1.165, 1.54) is 12.1 Å². The first-order valence-electron chi connectivity index (χ1n) is 9.91. The minimum atomic E-state index is -0.882. The van der Waals surface area contributed by atoms with Gasteiger partial charge in [-0.25, -0.2) is 13.8 Å². The van der Waals surface area contributed by atoms with Crippen LogP contribution in [0.2, 0.25) is 0 Å². The third-order valence-electron chi connectivity index (χ3n) is 4.20. The number of ether oxygens (including phenoxy) is 1. The van der Waals surface area contributed by atoms with Crippen molar-refractivity contribution in [1.82, 2.24) is 16.0 Å². The fourth-order valence-corrected chi connectivity index (χ4v) is 2.69. The molecule has 1 unspecified atom stereocenters. The normalized spacial score (nSPS) is 12.2. The number of benzene rings is 2. The van der Waals surface area contributed by atoms with Gasteiger partial charge in [-0.15, -0.1) is 0 Å². The SMILES string of the molecule is CCNC(=O)COc1cccc(CN=C(NCC)NC(C)c2ccc(F)c(F)c2)c1. The Morgan fingerprint density at radius 2 is 1.83 bits per heavy atom. The van der Waals surface area contributed by atoms with Gasteiger partial charge in [0.05, 0.1) is 12.6 Å². The van der Waals surface area contributed by atoms with Crippen molar-refractivity contribution in [2.24, 2.45) is 4.99 Å². The summed E-state index contributed by atoms with van der Waals surface area (Å²) in [7, 11) is 0. The van der Waals surface area contributed by atoms with Crippen LogP contribution in [0.4, 0.5) is 8.78 Å². The molecule has 0 aliphatic carbocycles. The molecule has 0 aliphatic heterocycles. The Morgan fingerprint density at radius 1 is 1.07 bits per heavy atom. The van der Waals surface area contributed by atoms with Crippen LogP contribution in [0, 0.1) is 11.6 Å². The van der Waals surface area contributed by atoms with Gasteiger partial charge in [0.15, 0.2) is 24.2 Å². The average molecular weight is 418 g/mol. The maximum Gasteiger partial charge on any atom is 0.257 e. The molecule has 0 saturated heterocycles. The second-order valence-electron chi connectivity index (χ2n) is 6.62. The van der Waals surface area contributed by atoms with Gasteiger partial charge in [-0.3, -0.25) is 4.79 Å². The predicted octanol–water partition coefficient (Wildman–Crippen LogP) is 3.30. The fourth-order valence-electron chi connectivity index (χ4n) is 2.69. The van der Waals surface area contributed by atoms with Crippen LogP contribution < -0.4 is 20.7 Å². The Balaban J connectivity index is 2.02. The van der Waals surface area contributed by atoms with Gasteiger partial charge in [0.1, 0.15) is 5.75 Å². The molecule has 0 radical (unpaired) electrons. The summed E-state index contributed by atoms with van der Waals surface area (Å²) in [5.74, 6) is -0.801.